The van der Waals surface area contributed by atoms with E-state index in [0.717, 1.165) is 6.42 Å². The minimum atomic E-state index is 0. The molecule has 24 heavy (non-hydrogen) atoms. The van der Waals surface area contributed by atoms with Crippen molar-refractivity contribution in [2.24, 2.45) is 0 Å². The van der Waals surface area contributed by atoms with Gasteiger partial charge in [-0.05, 0) is 6.42 Å². The van der Waals surface area contributed by atoms with Crippen molar-refractivity contribution in [1.82, 2.24) is 0 Å². The second kappa shape index (κ2) is 11.7. The monoisotopic (exact) mass is 432 g/mol. The molecule has 0 amide bonds. The van der Waals surface area contributed by atoms with Crippen LogP contribution in [0.5, 0.6) is 0 Å². The summed E-state index contributed by atoms with van der Waals surface area (Å²) in [5.74, 6) is 0. The minimum absolute atomic E-state index is 0. The Morgan fingerprint density at radius 1 is 0.917 bits per heavy atom. The van der Waals surface area contributed by atoms with Crippen LogP contribution in [0.2, 0.25) is 0 Å². The molecule has 0 nitrogen and oxygen atoms in total. The van der Waals surface area contributed by atoms with Crippen LogP contribution in [0.3, 0.4) is 0 Å². The number of halogens is 2. The van der Waals surface area contributed by atoms with E-state index >= 15 is 0 Å². The average Bonchev–Trinajstić information content (AvgIpc) is 3.15. The number of hydrogen-bond acceptors (Lipinski definition) is 0. The van der Waals surface area contributed by atoms with Crippen molar-refractivity contribution in [1.29, 1.82) is 0 Å². The second-order valence-electron chi connectivity index (χ2n) is 5.44. The van der Waals surface area contributed by atoms with Crippen LogP contribution >= 0.6 is 0 Å². The third kappa shape index (κ3) is 5.66. The fourth-order valence-electron chi connectivity index (χ4n) is 2.87. The molecule has 1 aliphatic carbocycles. The molecule has 3 heteroatoms. The molecule has 0 bridgehead atoms. The van der Waals surface area contributed by atoms with E-state index in [1.807, 2.05) is 6.07 Å². The van der Waals surface area contributed by atoms with Crippen molar-refractivity contribution in [2.75, 3.05) is 0 Å². The van der Waals surface area contributed by atoms with Crippen molar-refractivity contribution in [3.8, 4) is 11.1 Å². The van der Waals surface area contributed by atoms with Crippen molar-refractivity contribution in [3.05, 3.63) is 89.5 Å². The summed E-state index contributed by atoms with van der Waals surface area (Å²) < 4.78 is 0. The predicted molar refractivity (Wildman–Crippen MR) is 89.6 cm³/mol. The molecule has 0 unspecified atom stereocenters. The summed E-state index contributed by atoms with van der Waals surface area (Å²) in [6.45, 7) is 2.20. The fourth-order valence-corrected chi connectivity index (χ4v) is 2.87. The van der Waals surface area contributed by atoms with Gasteiger partial charge in [0.2, 0.25) is 0 Å². The number of rotatable bonds is 2. The molecule has 0 spiro atoms. The molecule has 3 aromatic carbocycles. The van der Waals surface area contributed by atoms with Crippen LogP contribution in [-0.4, -0.2) is 0 Å². The van der Waals surface area contributed by atoms with Gasteiger partial charge in [0.05, 0.1) is 0 Å². The van der Waals surface area contributed by atoms with E-state index in [1.54, 1.807) is 0 Å². The SMILES string of the molecule is CCC[c-]1cccc1.[Cl-].[Cl-].[Zr+4].[c-]1cccc2c1Cc1ccccc1-2. The van der Waals surface area contributed by atoms with Gasteiger partial charge in [0, 0.05) is 0 Å². The summed E-state index contributed by atoms with van der Waals surface area (Å²) in [5, 5.41) is 0. The first kappa shape index (κ1) is 23.3. The van der Waals surface area contributed by atoms with Gasteiger partial charge in [-0.3, -0.25) is 0 Å². The Kier molecular flexibility index (Phi) is 11.4. The summed E-state index contributed by atoms with van der Waals surface area (Å²) >= 11 is 0. The van der Waals surface area contributed by atoms with E-state index in [2.05, 4.69) is 73.7 Å². The van der Waals surface area contributed by atoms with Crippen LogP contribution in [0, 0.1) is 6.07 Å². The van der Waals surface area contributed by atoms with Crippen LogP contribution in [0.4, 0.5) is 0 Å². The Balaban J connectivity index is 0.000000429. The number of fused-ring (bicyclic) bond motifs is 3. The zero-order valence-corrected chi connectivity index (χ0v) is 17.7. The third-order valence-corrected chi connectivity index (χ3v) is 3.89. The van der Waals surface area contributed by atoms with Crippen molar-refractivity contribution < 1.29 is 51.0 Å². The Morgan fingerprint density at radius 2 is 1.58 bits per heavy atom. The Hall–Kier alpha value is -0.747. The summed E-state index contributed by atoms with van der Waals surface area (Å²) in [5.41, 5.74) is 6.98. The Bertz CT molecular complexity index is 662. The number of hydrogen-bond donors (Lipinski definition) is 0. The van der Waals surface area contributed by atoms with E-state index in [-0.39, 0.29) is 51.0 Å². The molecule has 0 atom stereocenters. The Labute approximate surface area is 177 Å². The summed E-state index contributed by atoms with van der Waals surface area (Å²) in [4.78, 5) is 0. The maximum absolute atomic E-state index is 3.30. The van der Waals surface area contributed by atoms with Crippen LogP contribution in [0.15, 0.2) is 66.7 Å². The quantitative estimate of drug-likeness (QED) is 0.371. The van der Waals surface area contributed by atoms with Gasteiger partial charge in [0.15, 0.2) is 0 Å². The van der Waals surface area contributed by atoms with Crippen LogP contribution in [0.1, 0.15) is 30.0 Å². The Morgan fingerprint density at radius 3 is 2.29 bits per heavy atom. The molecular formula is C21H20Cl2Zr. The zero-order chi connectivity index (χ0) is 14.5. The molecule has 4 rings (SSSR count). The molecule has 0 fully saturated rings. The van der Waals surface area contributed by atoms with Gasteiger partial charge in [-0.1, -0.05) is 55.2 Å². The topological polar surface area (TPSA) is 0 Å². The summed E-state index contributed by atoms with van der Waals surface area (Å²) in [7, 11) is 0. The molecule has 0 N–H and O–H groups in total. The van der Waals surface area contributed by atoms with Crippen LogP contribution in [0.25, 0.3) is 11.1 Å². The van der Waals surface area contributed by atoms with Crippen LogP contribution in [-0.2, 0) is 39.0 Å². The van der Waals surface area contributed by atoms with Crippen molar-refractivity contribution in [3.63, 3.8) is 0 Å². The van der Waals surface area contributed by atoms with Gasteiger partial charge in [-0.25, -0.2) is 12.1 Å². The molecule has 0 heterocycles. The molecule has 0 radical (unpaired) electrons. The van der Waals surface area contributed by atoms with Crippen molar-refractivity contribution in [2.45, 2.75) is 26.2 Å². The van der Waals surface area contributed by atoms with Gasteiger partial charge in [0.1, 0.15) is 0 Å². The zero-order valence-electron chi connectivity index (χ0n) is 13.7. The largest absolute Gasteiger partial charge is 4.00 e. The maximum atomic E-state index is 3.30. The van der Waals surface area contributed by atoms with E-state index in [1.165, 1.54) is 40.7 Å². The molecule has 0 saturated carbocycles. The first-order valence-corrected chi connectivity index (χ1v) is 7.67. The minimum Gasteiger partial charge on any atom is -1.00 e. The molecular weight excluding hydrogens is 414 g/mol. The molecule has 0 aromatic heterocycles. The fraction of sp³-hybridized carbons (Fsp3) is 0.190. The third-order valence-electron chi connectivity index (χ3n) is 3.89. The molecule has 122 valence electrons. The van der Waals surface area contributed by atoms with E-state index < -0.39 is 0 Å². The molecule has 0 aliphatic heterocycles. The average molecular weight is 435 g/mol. The predicted octanol–water partition coefficient (Wildman–Crippen LogP) is -0.579. The molecule has 3 aromatic rings. The van der Waals surface area contributed by atoms with Crippen molar-refractivity contribution >= 4 is 0 Å². The first-order valence-electron chi connectivity index (χ1n) is 7.67. The van der Waals surface area contributed by atoms with E-state index in [4.69, 9.17) is 0 Å². The van der Waals surface area contributed by atoms with Gasteiger partial charge >= 0.3 is 26.2 Å². The molecule has 0 saturated heterocycles. The molecule has 1 aliphatic rings. The standard InChI is InChI=1S/C13H9.C8H11.2ClH.Zr/c1-3-7-12-10(5-1)9-11-6-2-4-8-13(11)12;1-2-5-8-6-3-4-7-8;;;/h1-5,7-8H,9H2;3-4,6-7H,2,5H2,1H3;2*1H;/q2*-1;;;+4/p-2. The van der Waals surface area contributed by atoms with Gasteiger partial charge in [0.25, 0.3) is 0 Å². The smallest absolute Gasteiger partial charge is 1.00 e. The van der Waals surface area contributed by atoms with E-state index in [9.17, 15) is 0 Å². The maximum Gasteiger partial charge on any atom is 4.00 e. The van der Waals surface area contributed by atoms with Gasteiger partial charge < -0.3 is 24.8 Å². The van der Waals surface area contributed by atoms with Gasteiger partial charge in [-0.2, -0.15) is 47.5 Å². The number of benzene rings is 2. The second-order valence-corrected chi connectivity index (χ2v) is 5.44. The summed E-state index contributed by atoms with van der Waals surface area (Å²) in [6.07, 6.45) is 3.53. The summed E-state index contributed by atoms with van der Waals surface area (Å²) in [6, 6.07) is 26.6. The first-order chi connectivity index (χ1) is 10.4. The number of aryl methyl sites for hydroxylation is 1. The van der Waals surface area contributed by atoms with Gasteiger partial charge in [-0.15, -0.1) is 5.56 Å². The normalized spacial score (nSPS) is 9.88. The van der Waals surface area contributed by atoms with Crippen LogP contribution < -0.4 is 24.8 Å². The van der Waals surface area contributed by atoms with E-state index in [0.29, 0.717) is 0 Å².